The highest BCUT2D eigenvalue weighted by molar-refractivity contribution is 5.81. The van der Waals surface area contributed by atoms with Gasteiger partial charge in [0.1, 0.15) is 17.5 Å². The number of benzene rings is 1. The number of nitrogens with one attached hydrogen (secondary N) is 2. The summed E-state index contributed by atoms with van der Waals surface area (Å²) in [5.74, 6) is -0.104. The van der Waals surface area contributed by atoms with E-state index in [1.807, 2.05) is 18.2 Å². The lowest BCUT2D eigenvalue weighted by Crippen LogP contribution is -1.94. The van der Waals surface area contributed by atoms with E-state index in [-0.39, 0.29) is 0 Å². The molecule has 0 saturated heterocycles. The zero-order valence-electron chi connectivity index (χ0n) is 12.3. The van der Waals surface area contributed by atoms with Crippen molar-refractivity contribution in [1.29, 1.82) is 0 Å². The molecule has 0 saturated carbocycles. The first-order valence-electron chi connectivity index (χ1n) is 7.18. The van der Waals surface area contributed by atoms with Crippen molar-refractivity contribution in [3.05, 3.63) is 66.5 Å². The average Bonchev–Trinajstić information content (AvgIpc) is 3.01. The van der Waals surface area contributed by atoms with E-state index < -0.39 is 11.6 Å². The van der Waals surface area contributed by atoms with Crippen LogP contribution in [0.5, 0.6) is 0 Å². The Bertz CT molecular complexity index is 1010. The van der Waals surface area contributed by atoms with E-state index >= 15 is 0 Å². The molecular formula is C17H11F2N5. The summed E-state index contributed by atoms with van der Waals surface area (Å²) in [6.07, 6.45) is 3.30. The smallest absolute Gasteiger partial charge is 0.159 e. The van der Waals surface area contributed by atoms with Crippen molar-refractivity contribution >= 4 is 22.7 Å². The van der Waals surface area contributed by atoms with E-state index in [0.717, 1.165) is 12.1 Å². The van der Waals surface area contributed by atoms with E-state index in [1.54, 1.807) is 18.5 Å². The van der Waals surface area contributed by atoms with Crippen molar-refractivity contribution in [3.8, 4) is 11.4 Å². The first kappa shape index (κ1) is 14.3. The molecule has 0 spiro atoms. The Labute approximate surface area is 135 Å². The number of pyridine rings is 2. The van der Waals surface area contributed by atoms with Crippen molar-refractivity contribution in [2.45, 2.75) is 0 Å². The second kappa shape index (κ2) is 5.69. The van der Waals surface area contributed by atoms with E-state index in [4.69, 9.17) is 0 Å². The second-order valence-corrected chi connectivity index (χ2v) is 5.14. The zero-order valence-corrected chi connectivity index (χ0v) is 12.3. The molecule has 1 aromatic carbocycles. The summed E-state index contributed by atoms with van der Waals surface area (Å²) in [5.41, 5.74) is 1.81. The third-order valence-electron chi connectivity index (χ3n) is 3.48. The molecule has 0 atom stereocenters. The van der Waals surface area contributed by atoms with Gasteiger partial charge in [0.2, 0.25) is 0 Å². The van der Waals surface area contributed by atoms with Gasteiger partial charge >= 0.3 is 0 Å². The molecule has 0 aliphatic carbocycles. The number of nitrogens with zero attached hydrogens (tertiary/aromatic N) is 3. The highest BCUT2D eigenvalue weighted by atomic mass is 19.2. The van der Waals surface area contributed by atoms with E-state index in [9.17, 15) is 8.78 Å². The molecule has 4 rings (SSSR count). The predicted octanol–water partition coefficient (Wildman–Crippen LogP) is 4.04. The van der Waals surface area contributed by atoms with Crippen molar-refractivity contribution in [3.63, 3.8) is 0 Å². The van der Waals surface area contributed by atoms with Crippen molar-refractivity contribution < 1.29 is 8.78 Å². The summed E-state index contributed by atoms with van der Waals surface area (Å²) in [5, 5.41) is 3.08. The molecule has 0 amide bonds. The number of aromatic nitrogens is 4. The molecule has 4 aromatic rings. The molecule has 5 nitrogen and oxygen atoms in total. The lowest BCUT2D eigenvalue weighted by atomic mass is 10.2. The molecule has 2 N–H and O–H groups in total. The Morgan fingerprint density at radius 1 is 0.917 bits per heavy atom. The lowest BCUT2D eigenvalue weighted by molar-refractivity contribution is 0.509. The van der Waals surface area contributed by atoms with Crippen LogP contribution in [0.2, 0.25) is 0 Å². The van der Waals surface area contributed by atoms with Gasteiger partial charge in [-0.05, 0) is 30.3 Å². The quantitative estimate of drug-likeness (QED) is 0.597. The fraction of sp³-hybridized carbons (Fsp3) is 0. The third-order valence-corrected chi connectivity index (χ3v) is 3.48. The molecule has 0 radical (unpaired) electrons. The van der Waals surface area contributed by atoms with E-state index in [2.05, 4.69) is 25.3 Å². The first-order valence-corrected chi connectivity index (χ1v) is 7.18. The maximum atomic E-state index is 13.4. The molecule has 0 bridgehead atoms. The van der Waals surface area contributed by atoms with Crippen LogP contribution in [0.3, 0.4) is 0 Å². The van der Waals surface area contributed by atoms with Crippen molar-refractivity contribution in [2.24, 2.45) is 0 Å². The molecule has 0 unspecified atom stereocenters. The fourth-order valence-corrected chi connectivity index (χ4v) is 2.33. The largest absolute Gasteiger partial charge is 0.337 e. The predicted molar refractivity (Wildman–Crippen MR) is 86.8 cm³/mol. The van der Waals surface area contributed by atoms with Gasteiger partial charge in [-0.15, -0.1) is 0 Å². The Morgan fingerprint density at radius 2 is 1.83 bits per heavy atom. The number of rotatable bonds is 3. The summed E-state index contributed by atoms with van der Waals surface area (Å²) in [4.78, 5) is 15.9. The number of fused-ring (bicyclic) bond motifs is 1. The number of imidazole rings is 1. The van der Waals surface area contributed by atoms with Gasteiger partial charge in [0, 0.05) is 17.8 Å². The molecular weight excluding hydrogens is 312 g/mol. The van der Waals surface area contributed by atoms with Crippen LogP contribution in [0.25, 0.3) is 22.4 Å². The maximum Gasteiger partial charge on any atom is 0.159 e. The monoisotopic (exact) mass is 323 g/mol. The van der Waals surface area contributed by atoms with E-state index in [1.165, 1.54) is 6.07 Å². The van der Waals surface area contributed by atoms with Gasteiger partial charge in [-0.25, -0.2) is 23.7 Å². The molecule has 7 heteroatoms. The van der Waals surface area contributed by atoms with Crippen LogP contribution >= 0.6 is 0 Å². The number of H-pyrrole nitrogens is 1. The van der Waals surface area contributed by atoms with Crippen LogP contribution in [-0.4, -0.2) is 19.9 Å². The van der Waals surface area contributed by atoms with Crippen LogP contribution in [0.1, 0.15) is 0 Å². The number of hydrogen-bond acceptors (Lipinski definition) is 4. The summed E-state index contributed by atoms with van der Waals surface area (Å²) in [6.45, 7) is 0. The number of aromatic amines is 1. The van der Waals surface area contributed by atoms with Gasteiger partial charge in [0.05, 0.1) is 17.2 Å². The van der Waals surface area contributed by atoms with Crippen LogP contribution in [0.4, 0.5) is 20.4 Å². The summed E-state index contributed by atoms with van der Waals surface area (Å²) in [6, 6.07) is 10.9. The number of hydrogen-bond donors (Lipinski definition) is 2. The normalized spacial score (nSPS) is 10.9. The van der Waals surface area contributed by atoms with Gasteiger partial charge in [-0.3, -0.25) is 0 Å². The minimum atomic E-state index is -0.913. The first-order chi connectivity index (χ1) is 11.7. The van der Waals surface area contributed by atoms with Crippen LogP contribution in [0.15, 0.2) is 54.9 Å². The summed E-state index contributed by atoms with van der Waals surface area (Å²) >= 11 is 0. The van der Waals surface area contributed by atoms with Gasteiger partial charge in [-0.1, -0.05) is 6.07 Å². The minimum Gasteiger partial charge on any atom is -0.337 e. The Kier molecular flexibility index (Phi) is 3.38. The van der Waals surface area contributed by atoms with Gasteiger partial charge in [-0.2, -0.15) is 0 Å². The Hall–Kier alpha value is -3.35. The topological polar surface area (TPSA) is 66.5 Å². The van der Waals surface area contributed by atoms with Gasteiger partial charge in [0.25, 0.3) is 0 Å². The molecule has 0 fully saturated rings. The zero-order chi connectivity index (χ0) is 16.5. The van der Waals surface area contributed by atoms with Crippen molar-refractivity contribution in [2.75, 3.05) is 5.32 Å². The number of anilines is 2. The average molecular weight is 323 g/mol. The maximum absolute atomic E-state index is 13.4. The molecule has 118 valence electrons. The molecule has 3 heterocycles. The standard InChI is InChI=1S/C17H11F2N5/c18-11-5-4-10(7-12(11)19)17-22-13-8-16(21-9-14(13)23-17)24-15-3-1-2-6-20-15/h1-9H,(H,22,23)(H,20,21,24). The molecule has 0 aliphatic heterocycles. The van der Waals surface area contributed by atoms with Crippen LogP contribution < -0.4 is 5.32 Å². The Morgan fingerprint density at radius 3 is 2.62 bits per heavy atom. The van der Waals surface area contributed by atoms with Gasteiger partial charge < -0.3 is 10.3 Å². The minimum absolute atomic E-state index is 0.445. The third kappa shape index (κ3) is 2.67. The second-order valence-electron chi connectivity index (χ2n) is 5.14. The SMILES string of the molecule is Fc1ccc(-c2nc3cc(Nc4ccccn4)ncc3[nH]2)cc1F. The van der Waals surface area contributed by atoms with Crippen molar-refractivity contribution in [1.82, 2.24) is 19.9 Å². The highest BCUT2D eigenvalue weighted by Gasteiger charge is 2.10. The summed E-state index contributed by atoms with van der Waals surface area (Å²) < 4.78 is 26.4. The summed E-state index contributed by atoms with van der Waals surface area (Å²) in [7, 11) is 0. The lowest BCUT2D eigenvalue weighted by Gasteiger charge is -2.03. The Balaban J connectivity index is 1.69. The van der Waals surface area contributed by atoms with Crippen LogP contribution in [0, 0.1) is 11.6 Å². The molecule has 24 heavy (non-hydrogen) atoms. The van der Waals surface area contributed by atoms with E-state index in [0.29, 0.717) is 34.1 Å². The van der Waals surface area contributed by atoms with Crippen LogP contribution in [-0.2, 0) is 0 Å². The molecule has 0 aliphatic rings. The molecule has 3 aromatic heterocycles. The van der Waals surface area contributed by atoms with Gasteiger partial charge in [0.15, 0.2) is 11.6 Å². The number of halogens is 2. The highest BCUT2D eigenvalue weighted by Crippen LogP contribution is 2.23. The fourth-order valence-electron chi connectivity index (χ4n) is 2.33.